The van der Waals surface area contributed by atoms with E-state index in [1.165, 1.54) is 36.0 Å². The maximum atomic E-state index is 5.90. The summed E-state index contributed by atoms with van der Waals surface area (Å²) in [6.07, 6.45) is 3.99. The lowest BCUT2D eigenvalue weighted by Crippen LogP contribution is -2.34. The Labute approximate surface area is 104 Å². The van der Waals surface area contributed by atoms with Crippen LogP contribution < -0.4 is 5.32 Å². The van der Waals surface area contributed by atoms with Crippen LogP contribution in [0.15, 0.2) is 18.2 Å². The summed E-state index contributed by atoms with van der Waals surface area (Å²) in [6, 6.07) is 7.09. The van der Waals surface area contributed by atoms with Crippen molar-refractivity contribution in [3.8, 4) is 0 Å². The van der Waals surface area contributed by atoms with Gasteiger partial charge >= 0.3 is 0 Å². The van der Waals surface area contributed by atoms with E-state index in [1.54, 1.807) is 0 Å². The summed E-state index contributed by atoms with van der Waals surface area (Å²) in [5.74, 6) is 0. The number of nitrogens with one attached hydrogen (secondary N) is 1. The quantitative estimate of drug-likeness (QED) is 0.866. The van der Waals surface area contributed by atoms with E-state index >= 15 is 0 Å². The maximum absolute atomic E-state index is 5.90. The first-order valence-electron chi connectivity index (χ1n) is 6.58. The summed E-state index contributed by atoms with van der Waals surface area (Å²) in [6.45, 7) is 5.23. The van der Waals surface area contributed by atoms with Crippen molar-refractivity contribution in [2.75, 3.05) is 13.7 Å². The highest BCUT2D eigenvalue weighted by Gasteiger charge is 2.24. The molecule has 17 heavy (non-hydrogen) atoms. The molecule has 94 valence electrons. The van der Waals surface area contributed by atoms with Crippen LogP contribution in [0.25, 0.3) is 0 Å². The summed E-state index contributed by atoms with van der Waals surface area (Å²) in [5.41, 5.74) is 4.02. The number of ether oxygens (including phenoxy) is 1. The Morgan fingerprint density at radius 1 is 1.18 bits per heavy atom. The van der Waals surface area contributed by atoms with Gasteiger partial charge in [0.2, 0.25) is 0 Å². The zero-order valence-corrected chi connectivity index (χ0v) is 11.1. The van der Waals surface area contributed by atoms with Crippen LogP contribution in [0.5, 0.6) is 0 Å². The molecule has 0 aromatic heterocycles. The molecule has 0 radical (unpaired) electrons. The van der Waals surface area contributed by atoms with E-state index in [0.29, 0.717) is 12.1 Å². The Morgan fingerprint density at radius 2 is 1.88 bits per heavy atom. The molecule has 0 aliphatic carbocycles. The van der Waals surface area contributed by atoms with Crippen molar-refractivity contribution in [3.05, 3.63) is 34.9 Å². The van der Waals surface area contributed by atoms with E-state index in [0.717, 1.165) is 6.61 Å². The summed E-state index contributed by atoms with van der Waals surface area (Å²) in [7, 11) is 2.03. The molecule has 2 rings (SSSR count). The monoisotopic (exact) mass is 233 g/mol. The topological polar surface area (TPSA) is 21.3 Å². The van der Waals surface area contributed by atoms with E-state index in [9.17, 15) is 0 Å². The number of likely N-dealkylation sites (N-methyl/N-ethyl adjacent to an activating group) is 1. The van der Waals surface area contributed by atoms with E-state index in [2.05, 4.69) is 37.4 Å². The first-order valence-corrected chi connectivity index (χ1v) is 6.58. The molecular weight excluding hydrogens is 210 g/mol. The smallest absolute Gasteiger partial charge is 0.0769 e. The fourth-order valence-electron chi connectivity index (χ4n) is 2.79. The largest absolute Gasteiger partial charge is 0.376 e. The lowest BCUT2D eigenvalue weighted by molar-refractivity contribution is -0.00663. The van der Waals surface area contributed by atoms with Crippen molar-refractivity contribution >= 4 is 0 Å². The van der Waals surface area contributed by atoms with Crippen molar-refractivity contribution in [3.63, 3.8) is 0 Å². The average molecular weight is 233 g/mol. The second-order valence-electron chi connectivity index (χ2n) is 5.09. The van der Waals surface area contributed by atoms with Gasteiger partial charge in [-0.3, -0.25) is 0 Å². The second kappa shape index (κ2) is 5.65. The first-order chi connectivity index (χ1) is 8.20. The van der Waals surface area contributed by atoms with Gasteiger partial charge in [0.1, 0.15) is 0 Å². The van der Waals surface area contributed by atoms with Crippen LogP contribution in [0.3, 0.4) is 0 Å². The molecule has 2 atom stereocenters. The van der Waals surface area contributed by atoms with Gasteiger partial charge in [-0.05, 0) is 45.7 Å². The highest BCUT2D eigenvalue weighted by molar-refractivity contribution is 5.31. The Kier molecular flexibility index (Phi) is 4.19. The number of hydrogen-bond donors (Lipinski definition) is 1. The number of rotatable bonds is 3. The minimum absolute atomic E-state index is 0.328. The van der Waals surface area contributed by atoms with Gasteiger partial charge in [0, 0.05) is 6.61 Å². The zero-order valence-electron chi connectivity index (χ0n) is 11.1. The molecule has 1 aliphatic heterocycles. The third-order valence-electron chi connectivity index (χ3n) is 3.50. The predicted molar refractivity (Wildman–Crippen MR) is 71.3 cm³/mol. The molecule has 0 saturated carbocycles. The van der Waals surface area contributed by atoms with Gasteiger partial charge in [-0.1, -0.05) is 29.3 Å². The van der Waals surface area contributed by atoms with Gasteiger partial charge in [0.05, 0.1) is 12.1 Å². The van der Waals surface area contributed by atoms with Crippen molar-refractivity contribution < 1.29 is 4.74 Å². The van der Waals surface area contributed by atoms with Gasteiger partial charge in [0.25, 0.3) is 0 Å². The van der Waals surface area contributed by atoms with Gasteiger partial charge < -0.3 is 10.1 Å². The lowest BCUT2D eigenvalue weighted by Gasteiger charge is -2.31. The maximum Gasteiger partial charge on any atom is 0.0769 e. The fourth-order valence-corrected chi connectivity index (χ4v) is 2.79. The predicted octanol–water partition coefficient (Wildman–Crippen LogP) is 3.13. The normalized spacial score (nSPS) is 22.4. The van der Waals surface area contributed by atoms with Crippen LogP contribution in [0.4, 0.5) is 0 Å². The Bertz CT molecular complexity index is 349. The second-order valence-corrected chi connectivity index (χ2v) is 5.09. The number of aryl methyl sites for hydroxylation is 2. The molecule has 1 N–H and O–H groups in total. The molecule has 1 fully saturated rings. The summed E-state index contributed by atoms with van der Waals surface area (Å²) >= 11 is 0. The molecular formula is C15H23NO. The third-order valence-corrected chi connectivity index (χ3v) is 3.50. The molecule has 0 amide bonds. The van der Waals surface area contributed by atoms with E-state index in [-0.39, 0.29) is 0 Å². The number of hydrogen-bond acceptors (Lipinski definition) is 2. The number of benzene rings is 1. The van der Waals surface area contributed by atoms with E-state index in [4.69, 9.17) is 4.74 Å². The molecule has 0 bridgehead atoms. The molecule has 1 aliphatic rings. The van der Waals surface area contributed by atoms with Crippen LogP contribution >= 0.6 is 0 Å². The van der Waals surface area contributed by atoms with Crippen LogP contribution in [0.2, 0.25) is 0 Å². The van der Waals surface area contributed by atoms with Gasteiger partial charge in [-0.2, -0.15) is 0 Å². The molecule has 2 unspecified atom stereocenters. The van der Waals surface area contributed by atoms with Crippen molar-refractivity contribution in [2.45, 2.75) is 45.3 Å². The molecule has 0 spiro atoms. The lowest BCUT2D eigenvalue weighted by atomic mass is 9.93. The molecule has 2 heteroatoms. The summed E-state index contributed by atoms with van der Waals surface area (Å²) in [5, 5.41) is 3.42. The Hall–Kier alpha value is -0.860. The molecule has 1 heterocycles. The Balaban J connectivity index is 2.21. The zero-order chi connectivity index (χ0) is 12.3. The summed E-state index contributed by atoms with van der Waals surface area (Å²) < 4.78 is 5.90. The molecule has 2 nitrogen and oxygen atoms in total. The highest BCUT2D eigenvalue weighted by atomic mass is 16.5. The fraction of sp³-hybridized carbons (Fsp3) is 0.600. The average Bonchev–Trinajstić information content (AvgIpc) is 2.30. The van der Waals surface area contributed by atoms with Gasteiger partial charge in [-0.15, -0.1) is 0 Å². The molecule has 1 saturated heterocycles. The van der Waals surface area contributed by atoms with Gasteiger partial charge in [-0.25, -0.2) is 0 Å². The Morgan fingerprint density at radius 3 is 2.41 bits per heavy atom. The minimum atomic E-state index is 0.328. The summed E-state index contributed by atoms with van der Waals surface area (Å²) in [4.78, 5) is 0. The van der Waals surface area contributed by atoms with Crippen LogP contribution in [0.1, 0.15) is 42.0 Å². The standard InChI is InChI=1S/C15H23NO/c1-11-8-12(2)10-13(9-11)15(16-3)14-6-4-5-7-17-14/h8-10,14-16H,4-7H2,1-3H3. The molecule has 1 aromatic carbocycles. The third kappa shape index (κ3) is 3.08. The van der Waals surface area contributed by atoms with Crippen LogP contribution in [-0.4, -0.2) is 19.8 Å². The minimum Gasteiger partial charge on any atom is -0.376 e. The van der Waals surface area contributed by atoms with E-state index < -0.39 is 0 Å². The molecule has 1 aromatic rings. The highest BCUT2D eigenvalue weighted by Crippen LogP contribution is 2.27. The SMILES string of the molecule is CNC(c1cc(C)cc(C)c1)C1CCCCO1. The van der Waals surface area contributed by atoms with Crippen molar-refractivity contribution in [1.29, 1.82) is 0 Å². The van der Waals surface area contributed by atoms with Crippen LogP contribution in [-0.2, 0) is 4.74 Å². The van der Waals surface area contributed by atoms with Gasteiger partial charge in [0.15, 0.2) is 0 Å². The van der Waals surface area contributed by atoms with E-state index in [1.807, 2.05) is 7.05 Å². The first kappa shape index (κ1) is 12.6. The van der Waals surface area contributed by atoms with Crippen molar-refractivity contribution in [1.82, 2.24) is 5.32 Å². The van der Waals surface area contributed by atoms with Crippen LogP contribution in [0, 0.1) is 13.8 Å². The van der Waals surface area contributed by atoms with Crippen molar-refractivity contribution in [2.24, 2.45) is 0 Å².